The minimum absolute atomic E-state index is 0.0431. The average molecular weight is 533 g/mol. The van der Waals surface area contributed by atoms with Crippen LogP contribution in [-0.2, 0) is 15.8 Å². The highest BCUT2D eigenvalue weighted by molar-refractivity contribution is 6.34. The Kier molecular flexibility index (Phi) is 6.02. The predicted octanol–water partition coefficient (Wildman–Crippen LogP) is 6.33. The maximum atomic E-state index is 13.7. The smallest absolute Gasteiger partial charge is 0.416 e. The summed E-state index contributed by atoms with van der Waals surface area (Å²) in [6.07, 6.45) is -3.72. The zero-order valence-corrected chi connectivity index (χ0v) is 21.1. The maximum absolute atomic E-state index is 13.7. The number of carbonyl (C=O) groups excluding carboxylic acids is 2. The normalized spacial score (nSPS) is 20.5. The molecule has 2 aliphatic heterocycles. The average Bonchev–Trinajstić information content (AvgIpc) is 3.25. The standard InChI is InChI=1S/C27H24ClF3N2O4/c1-13-22(25(35)33-17-9-15(27(29,30)31)5-6-16(17)28)23(14-4-7-20-21(8-14)37-12-36-20)24-18(32-13)10-26(2,3)11-19(24)34/h4-9,23,32H,10-12H2,1-3H3,(H,33,35)/t23-/m1/s1. The molecule has 0 aromatic heterocycles. The van der Waals surface area contributed by atoms with Crippen LogP contribution in [0.1, 0.15) is 50.7 Å². The zero-order valence-electron chi connectivity index (χ0n) is 20.3. The van der Waals surface area contributed by atoms with Gasteiger partial charge in [-0.3, -0.25) is 9.59 Å². The molecule has 0 saturated carbocycles. The van der Waals surface area contributed by atoms with Crippen LogP contribution < -0.4 is 20.1 Å². The van der Waals surface area contributed by atoms with Crippen LogP contribution in [0, 0.1) is 5.41 Å². The molecule has 0 unspecified atom stereocenters. The molecule has 2 heterocycles. The first-order valence-corrected chi connectivity index (χ1v) is 12.0. The molecule has 194 valence electrons. The second-order valence-corrected chi connectivity index (χ2v) is 10.6. The van der Waals surface area contributed by atoms with E-state index in [0.717, 1.165) is 23.9 Å². The van der Waals surface area contributed by atoms with E-state index in [9.17, 15) is 22.8 Å². The summed E-state index contributed by atoms with van der Waals surface area (Å²) in [4.78, 5) is 27.1. The van der Waals surface area contributed by atoms with Crippen molar-refractivity contribution in [2.24, 2.45) is 5.41 Å². The molecule has 2 aromatic carbocycles. The highest BCUT2D eigenvalue weighted by Crippen LogP contribution is 2.48. The maximum Gasteiger partial charge on any atom is 0.416 e. The van der Waals surface area contributed by atoms with Crippen LogP contribution in [0.5, 0.6) is 11.5 Å². The van der Waals surface area contributed by atoms with Crippen LogP contribution in [0.2, 0.25) is 5.02 Å². The number of dihydropyridines is 1. The van der Waals surface area contributed by atoms with Crippen LogP contribution in [0.25, 0.3) is 0 Å². The molecule has 0 radical (unpaired) electrons. The van der Waals surface area contributed by atoms with Gasteiger partial charge < -0.3 is 20.1 Å². The summed E-state index contributed by atoms with van der Waals surface area (Å²) in [7, 11) is 0. The number of hydrogen-bond acceptors (Lipinski definition) is 5. The van der Waals surface area contributed by atoms with E-state index in [1.165, 1.54) is 0 Å². The second kappa shape index (κ2) is 8.83. The van der Waals surface area contributed by atoms with Gasteiger partial charge in [-0.1, -0.05) is 31.5 Å². The van der Waals surface area contributed by atoms with Crippen molar-refractivity contribution >= 4 is 29.0 Å². The number of fused-ring (bicyclic) bond motifs is 1. The second-order valence-electron chi connectivity index (χ2n) is 10.2. The Bertz CT molecular complexity index is 1390. The van der Waals surface area contributed by atoms with Crippen molar-refractivity contribution in [2.45, 2.75) is 45.7 Å². The van der Waals surface area contributed by atoms with E-state index < -0.39 is 23.6 Å². The number of allylic oxidation sites excluding steroid dienone is 3. The van der Waals surface area contributed by atoms with Crippen molar-refractivity contribution in [3.05, 3.63) is 75.1 Å². The monoisotopic (exact) mass is 532 g/mol. The molecule has 1 atom stereocenters. The largest absolute Gasteiger partial charge is 0.454 e. The van der Waals surface area contributed by atoms with Gasteiger partial charge in [0.25, 0.3) is 5.91 Å². The lowest BCUT2D eigenvalue weighted by atomic mass is 9.68. The van der Waals surface area contributed by atoms with E-state index in [1.54, 1.807) is 25.1 Å². The van der Waals surface area contributed by atoms with E-state index in [0.29, 0.717) is 41.2 Å². The molecule has 10 heteroatoms. The molecule has 0 saturated heterocycles. The van der Waals surface area contributed by atoms with Gasteiger partial charge in [-0.2, -0.15) is 13.2 Å². The summed E-state index contributed by atoms with van der Waals surface area (Å²) in [5.41, 5.74) is 1.13. The minimum atomic E-state index is -4.61. The van der Waals surface area contributed by atoms with E-state index >= 15 is 0 Å². The summed E-state index contributed by atoms with van der Waals surface area (Å²) < 4.78 is 50.8. The number of nitrogens with one attached hydrogen (secondary N) is 2. The van der Waals surface area contributed by atoms with Crippen molar-refractivity contribution in [1.29, 1.82) is 0 Å². The Hall–Kier alpha value is -3.46. The third kappa shape index (κ3) is 4.68. The van der Waals surface area contributed by atoms with E-state index in [1.807, 2.05) is 13.8 Å². The third-order valence-electron chi connectivity index (χ3n) is 6.76. The Morgan fingerprint density at radius 3 is 2.57 bits per heavy atom. The third-order valence-corrected chi connectivity index (χ3v) is 7.09. The quantitative estimate of drug-likeness (QED) is 0.483. The van der Waals surface area contributed by atoms with Crippen molar-refractivity contribution in [2.75, 3.05) is 12.1 Å². The number of carbonyl (C=O) groups is 2. The molecule has 3 aliphatic rings. The topological polar surface area (TPSA) is 76.7 Å². The molecule has 37 heavy (non-hydrogen) atoms. The van der Waals surface area contributed by atoms with Gasteiger partial charge >= 0.3 is 6.18 Å². The van der Waals surface area contributed by atoms with Crippen molar-refractivity contribution in [3.8, 4) is 11.5 Å². The lowest BCUT2D eigenvalue weighted by Gasteiger charge is -2.39. The summed E-state index contributed by atoms with van der Waals surface area (Å²) >= 11 is 6.14. The Morgan fingerprint density at radius 2 is 1.84 bits per heavy atom. The van der Waals surface area contributed by atoms with Crippen molar-refractivity contribution in [1.82, 2.24) is 5.32 Å². The fourth-order valence-corrected chi connectivity index (χ4v) is 5.31. The van der Waals surface area contributed by atoms with Crippen LogP contribution in [-0.4, -0.2) is 18.5 Å². The molecular formula is C27H24ClF3N2O4. The van der Waals surface area contributed by atoms with Gasteiger partial charge in [-0.25, -0.2) is 0 Å². The van der Waals surface area contributed by atoms with Crippen molar-refractivity contribution < 1.29 is 32.2 Å². The number of halogens is 4. The molecular weight excluding hydrogens is 509 g/mol. The number of benzene rings is 2. The fraction of sp³-hybridized carbons (Fsp3) is 0.333. The van der Waals surface area contributed by atoms with Gasteiger partial charge in [0.1, 0.15) is 0 Å². The van der Waals surface area contributed by atoms with Crippen molar-refractivity contribution in [3.63, 3.8) is 0 Å². The van der Waals surface area contributed by atoms with Crippen LogP contribution in [0.3, 0.4) is 0 Å². The number of hydrogen-bond donors (Lipinski definition) is 2. The lowest BCUT2D eigenvalue weighted by Crippen LogP contribution is -2.39. The Morgan fingerprint density at radius 1 is 1.11 bits per heavy atom. The highest BCUT2D eigenvalue weighted by atomic mass is 35.5. The number of ether oxygens (including phenoxy) is 2. The fourth-order valence-electron chi connectivity index (χ4n) is 5.15. The van der Waals surface area contributed by atoms with Crippen LogP contribution in [0.4, 0.5) is 18.9 Å². The van der Waals surface area contributed by atoms with Crippen LogP contribution in [0.15, 0.2) is 58.9 Å². The van der Waals surface area contributed by atoms with Gasteiger partial charge in [0.2, 0.25) is 6.79 Å². The van der Waals surface area contributed by atoms with Gasteiger partial charge in [-0.05, 0) is 54.7 Å². The molecule has 2 N–H and O–H groups in total. The number of alkyl halides is 3. The molecule has 0 fully saturated rings. The molecule has 1 amide bonds. The predicted molar refractivity (Wildman–Crippen MR) is 131 cm³/mol. The van der Waals surface area contributed by atoms with Crippen LogP contribution >= 0.6 is 11.6 Å². The molecule has 6 nitrogen and oxygen atoms in total. The minimum Gasteiger partial charge on any atom is -0.454 e. The highest BCUT2D eigenvalue weighted by Gasteiger charge is 2.43. The number of rotatable bonds is 3. The molecule has 2 aromatic rings. The van der Waals surface area contributed by atoms with Gasteiger partial charge in [0.05, 0.1) is 16.3 Å². The molecule has 5 rings (SSSR count). The molecule has 0 spiro atoms. The first-order valence-electron chi connectivity index (χ1n) is 11.7. The number of Topliss-reactive ketones (excluding diaryl/α,β-unsaturated/α-hetero) is 1. The van der Waals surface area contributed by atoms with E-state index in [-0.39, 0.29) is 34.3 Å². The SMILES string of the molecule is CC1=C(C(=O)Nc2cc(C(F)(F)F)ccc2Cl)[C@@H](c2ccc3c(c2)OCO3)C2=C(CC(C)(C)CC2=O)N1. The first-order chi connectivity index (χ1) is 17.3. The Balaban J connectivity index is 1.59. The lowest BCUT2D eigenvalue weighted by molar-refractivity contribution is -0.137. The summed E-state index contributed by atoms with van der Waals surface area (Å²) in [5.74, 6) is -0.501. The zero-order chi connectivity index (χ0) is 26.7. The van der Waals surface area contributed by atoms with E-state index in [4.69, 9.17) is 21.1 Å². The first kappa shape index (κ1) is 25.2. The number of ketones is 1. The summed E-state index contributed by atoms with van der Waals surface area (Å²) in [6, 6.07) is 7.93. The summed E-state index contributed by atoms with van der Waals surface area (Å²) in [5, 5.41) is 5.73. The Labute approximate surface area is 216 Å². The van der Waals surface area contributed by atoms with Gasteiger partial charge in [-0.15, -0.1) is 0 Å². The summed E-state index contributed by atoms with van der Waals surface area (Å²) in [6.45, 7) is 5.77. The van der Waals surface area contributed by atoms with Gasteiger partial charge in [0.15, 0.2) is 17.3 Å². The number of anilines is 1. The van der Waals surface area contributed by atoms with E-state index in [2.05, 4.69) is 10.6 Å². The molecule has 0 bridgehead atoms. The number of amides is 1. The van der Waals surface area contributed by atoms with Gasteiger partial charge in [0, 0.05) is 34.9 Å². The molecule has 1 aliphatic carbocycles.